The number of amides is 1. The number of ether oxygens (including phenoxy) is 1. The van der Waals surface area contributed by atoms with Gasteiger partial charge in [-0.2, -0.15) is 0 Å². The first-order valence-corrected chi connectivity index (χ1v) is 7.88. The molecule has 1 aliphatic rings. The summed E-state index contributed by atoms with van der Waals surface area (Å²) in [7, 11) is 0. The molecule has 0 saturated carbocycles. The number of aryl methyl sites for hydroxylation is 1. The van der Waals surface area contributed by atoms with Gasteiger partial charge < -0.3 is 15.4 Å². The lowest BCUT2D eigenvalue weighted by atomic mass is 10.1. The molecule has 0 aliphatic carbocycles. The van der Waals surface area contributed by atoms with E-state index in [1.807, 2.05) is 32.0 Å². The van der Waals surface area contributed by atoms with Gasteiger partial charge in [0, 0.05) is 24.4 Å². The highest BCUT2D eigenvalue weighted by Gasteiger charge is 2.24. The van der Waals surface area contributed by atoms with E-state index >= 15 is 0 Å². The Hall–Kier alpha value is -1.55. The van der Waals surface area contributed by atoms with Gasteiger partial charge in [-0.1, -0.05) is 6.92 Å². The fourth-order valence-corrected chi connectivity index (χ4v) is 2.64. The Morgan fingerprint density at radius 2 is 2.29 bits per heavy atom. The summed E-state index contributed by atoms with van der Waals surface area (Å²) in [5, 5.41) is 6.41. The van der Waals surface area contributed by atoms with Crippen LogP contribution in [-0.2, 0) is 4.74 Å². The molecule has 0 bridgehead atoms. The number of anilines is 1. The number of carbonyl (C=O) groups excluding carboxylic acids is 1. The molecule has 2 rings (SSSR count). The lowest BCUT2D eigenvalue weighted by Gasteiger charge is -2.20. The average molecular weight is 290 g/mol. The van der Waals surface area contributed by atoms with E-state index < -0.39 is 0 Å². The van der Waals surface area contributed by atoms with Crippen LogP contribution in [0.5, 0.6) is 0 Å². The number of benzene rings is 1. The molecule has 0 radical (unpaired) electrons. The summed E-state index contributed by atoms with van der Waals surface area (Å²) in [4.78, 5) is 12.3. The SMILES string of the molecule is CCCNc1ccc(C(=O)NC(C)C2CCCO2)cc1C. The molecule has 21 heavy (non-hydrogen) atoms. The van der Waals surface area contributed by atoms with E-state index in [0.29, 0.717) is 5.56 Å². The van der Waals surface area contributed by atoms with Gasteiger partial charge in [0.2, 0.25) is 0 Å². The summed E-state index contributed by atoms with van der Waals surface area (Å²) in [5.41, 5.74) is 2.90. The molecular formula is C17H26N2O2. The topological polar surface area (TPSA) is 50.4 Å². The van der Waals surface area contributed by atoms with Crippen LogP contribution in [0.2, 0.25) is 0 Å². The predicted molar refractivity (Wildman–Crippen MR) is 85.9 cm³/mol. The van der Waals surface area contributed by atoms with Crippen LogP contribution in [0, 0.1) is 6.92 Å². The lowest BCUT2D eigenvalue weighted by Crippen LogP contribution is -2.40. The van der Waals surface area contributed by atoms with Crippen molar-refractivity contribution < 1.29 is 9.53 Å². The molecule has 2 atom stereocenters. The third-order valence-corrected chi connectivity index (χ3v) is 3.94. The molecule has 2 unspecified atom stereocenters. The van der Waals surface area contributed by atoms with Crippen LogP contribution in [-0.4, -0.2) is 31.2 Å². The van der Waals surface area contributed by atoms with Crippen LogP contribution in [0.1, 0.15) is 49.0 Å². The monoisotopic (exact) mass is 290 g/mol. The Balaban J connectivity index is 1.97. The molecule has 116 valence electrons. The molecule has 1 aliphatic heterocycles. The minimum absolute atomic E-state index is 0.0249. The van der Waals surface area contributed by atoms with Crippen LogP contribution in [0.4, 0.5) is 5.69 Å². The second-order valence-corrected chi connectivity index (χ2v) is 5.77. The molecule has 1 aromatic rings. The van der Waals surface area contributed by atoms with Crippen molar-refractivity contribution in [3.05, 3.63) is 29.3 Å². The number of hydrogen-bond acceptors (Lipinski definition) is 3. The van der Waals surface area contributed by atoms with E-state index in [9.17, 15) is 4.79 Å². The van der Waals surface area contributed by atoms with Crippen LogP contribution < -0.4 is 10.6 Å². The summed E-state index contributed by atoms with van der Waals surface area (Å²) in [6.45, 7) is 7.93. The highest BCUT2D eigenvalue weighted by molar-refractivity contribution is 5.95. The maximum atomic E-state index is 12.3. The van der Waals surface area contributed by atoms with Gasteiger partial charge >= 0.3 is 0 Å². The normalized spacial score (nSPS) is 19.3. The Morgan fingerprint density at radius 3 is 2.90 bits per heavy atom. The van der Waals surface area contributed by atoms with Crippen LogP contribution in [0.15, 0.2) is 18.2 Å². The predicted octanol–water partition coefficient (Wildman–Crippen LogP) is 3.11. The highest BCUT2D eigenvalue weighted by Crippen LogP contribution is 2.18. The van der Waals surface area contributed by atoms with Crippen LogP contribution >= 0.6 is 0 Å². The van der Waals surface area contributed by atoms with Gasteiger partial charge in [-0.15, -0.1) is 0 Å². The molecule has 4 nitrogen and oxygen atoms in total. The Morgan fingerprint density at radius 1 is 1.48 bits per heavy atom. The van der Waals surface area contributed by atoms with Gasteiger partial charge in [-0.25, -0.2) is 0 Å². The smallest absolute Gasteiger partial charge is 0.251 e. The van der Waals surface area contributed by atoms with Crippen LogP contribution in [0.3, 0.4) is 0 Å². The van der Waals surface area contributed by atoms with Gasteiger partial charge in [0.15, 0.2) is 0 Å². The van der Waals surface area contributed by atoms with Gasteiger partial charge in [-0.3, -0.25) is 4.79 Å². The number of hydrogen-bond donors (Lipinski definition) is 2. The van der Waals surface area contributed by atoms with E-state index in [1.54, 1.807) is 0 Å². The first kappa shape index (κ1) is 15.8. The molecular weight excluding hydrogens is 264 g/mol. The molecule has 0 aromatic heterocycles. The van der Waals surface area contributed by atoms with Gasteiger partial charge in [0.05, 0.1) is 12.1 Å². The fraction of sp³-hybridized carbons (Fsp3) is 0.588. The van der Waals surface area contributed by atoms with E-state index in [0.717, 1.165) is 43.7 Å². The van der Waals surface area contributed by atoms with E-state index in [1.165, 1.54) is 0 Å². The van der Waals surface area contributed by atoms with Crippen molar-refractivity contribution in [2.24, 2.45) is 0 Å². The summed E-state index contributed by atoms with van der Waals surface area (Å²) in [5.74, 6) is -0.0249. The largest absolute Gasteiger partial charge is 0.385 e. The standard InChI is InChI=1S/C17H26N2O2/c1-4-9-18-15-8-7-14(11-12(15)2)17(20)19-13(3)16-6-5-10-21-16/h7-8,11,13,16,18H,4-6,9-10H2,1-3H3,(H,19,20). The van der Waals surface area contributed by atoms with E-state index in [4.69, 9.17) is 4.74 Å². The molecule has 4 heteroatoms. The molecule has 1 aromatic carbocycles. The van der Waals surface area contributed by atoms with Crippen molar-refractivity contribution in [3.63, 3.8) is 0 Å². The Kier molecular flexibility index (Phi) is 5.62. The summed E-state index contributed by atoms with van der Waals surface area (Å²) in [6, 6.07) is 5.85. The minimum atomic E-state index is -0.0249. The zero-order valence-corrected chi connectivity index (χ0v) is 13.2. The van der Waals surface area contributed by atoms with Crippen molar-refractivity contribution >= 4 is 11.6 Å². The molecule has 1 amide bonds. The molecule has 1 heterocycles. The number of carbonyl (C=O) groups is 1. The Bertz CT molecular complexity index is 482. The summed E-state index contributed by atoms with van der Waals surface area (Å²) in [6.07, 6.45) is 3.35. The average Bonchev–Trinajstić information content (AvgIpc) is 3.00. The van der Waals surface area contributed by atoms with Crippen molar-refractivity contribution in [2.45, 2.75) is 52.2 Å². The maximum absolute atomic E-state index is 12.3. The second-order valence-electron chi connectivity index (χ2n) is 5.77. The van der Waals surface area contributed by atoms with Crippen molar-refractivity contribution in [3.8, 4) is 0 Å². The second kappa shape index (κ2) is 7.46. The maximum Gasteiger partial charge on any atom is 0.251 e. The number of nitrogens with one attached hydrogen (secondary N) is 2. The fourth-order valence-electron chi connectivity index (χ4n) is 2.64. The Labute approximate surface area is 127 Å². The van der Waals surface area contributed by atoms with E-state index in [-0.39, 0.29) is 18.1 Å². The molecule has 1 saturated heterocycles. The highest BCUT2D eigenvalue weighted by atomic mass is 16.5. The third kappa shape index (κ3) is 4.21. The third-order valence-electron chi connectivity index (χ3n) is 3.94. The first-order valence-electron chi connectivity index (χ1n) is 7.88. The van der Waals surface area contributed by atoms with Crippen molar-refractivity contribution in [1.82, 2.24) is 5.32 Å². The number of rotatable bonds is 6. The van der Waals surface area contributed by atoms with Crippen molar-refractivity contribution in [2.75, 3.05) is 18.5 Å². The van der Waals surface area contributed by atoms with Gasteiger partial charge in [0.25, 0.3) is 5.91 Å². The molecule has 2 N–H and O–H groups in total. The molecule has 0 spiro atoms. The van der Waals surface area contributed by atoms with Crippen LogP contribution in [0.25, 0.3) is 0 Å². The lowest BCUT2D eigenvalue weighted by molar-refractivity contribution is 0.0712. The quantitative estimate of drug-likeness (QED) is 0.846. The summed E-state index contributed by atoms with van der Waals surface area (Å²) >= 11 is 0. The first-order chi connectivity index (χ1) is 10.1. The van der Waals surface area contributed by atoms with Crippen molar-refractivity contribution in [1.29, 1.82) is 0 Å². The zero-order valence-electron chi connectivity index (χ0n) is 13.2. The molecule has 1 fully saturated rings. The zero-order chi connectivity index (χ0) is 15.2. The summed E-state index contributed by atoms with van der Waals surface area (Å²) < 4.78 is 5.61. The van der Waals surface area contributed by atoms with E-state index in [2.05, 4.69) is 17.6 Å². The minimum Gasteiger partial charge on any atom is -0.385 e. The van der Waals surface area contributed by atoms with Gasteiger partial charge in [-0.05, 0) is 56.9 Å². The van der Waals surface area contributed by atoms with Gasteiger partial charge in [0.1, 0.15) is 0 Å².